The van der Waals surface area contributed by atoms with Gasteiger partial charge in [-0.15, -0.1) is 0 Å². The smallest absolute Gasteiger partial charge is 0.387 e. The molecule has 0 bridgehead atoms. The van der Waals surface area contributed by atoms with Crippen molar-refractivity contribution in [3.05, 3.63) is 64.7 Å². The van der Waals surface area contributed by atoms with Gasteiger partial charge in [0, 0.05) is 44.8 Å². The molecule has 2 aromatic carbocycles. The monoisotopic (exact) mass is 495 g/mol. The van der Waals surface area contributed by atoms with Gasteiger partial charge in [-0.3, -0.25) is 14.6 Å². The molecule has 0 aliphatic carbocycles. The number of alkyl halides is 2. The Hall–Kier alpha value is -2.75. The molecule has 3 rings (SSSR count). The average molecular weight is 496 g/mol. The molecule has 1 atom stereocenters. The summed E-state index contributed by atoms with van der Waals surface area (Å²) in [4.78, 5) is 30.9. The predicted molar refractivity (Wildman–Crippen MR) is 124 cm³/mol. The third-order valence-corrected chi connectivity index (χ3v) is 6.09. The van der Waals surface area contributed by atoms with Crippen molar-refractivity contribution in [3.8, 4) is 5.75 Å². The standard InChI is InChI=1S/C24H28ClF2N3O4/c1-28(15-17-7-9-18(10-8-17)34-24(26)27)21(31)16-29-11-13-30(14-12-29)22(23(32)33-2)19-5-3-4-6-20(19)25/h3-10,22,24H,11-16H2,1-2H3. The van der Waals surface area contributed by atoms with Gasteiger partial charge in [-0.2, -0.15) is 8.78 Å². The zero-order chi connectivity index (χ0) is 24.7. The van der Waals surface area contributed by atoms with Crippen LogP contribution in [-0.4, -0.2) is 80.1 Å². The van der Waals surface area contributed by atoms with Gasteiger partial charge in [0.05, 0.1) is 13.7 Å². The zero-order valence-corrected chi connectivity index (χ0v) is 19.9. The number of amides is 1. The maximum absolute atomic E-state index is 12.7. The first-order valence-electron chi connectivity index (χ1n) is 10.8. The van der Waals surface area contributed by atoms with Crippen LogP contribution in [0.5, 0.6) is 5.75 Å². The largest absolute Gasteiger partial charge is 0.468 e. The maximum atomic E-state index is 12.7. The number of piperazine rings is 1. The van der Waals surface area contributed by atoms with E-state index < -0.39 is 12.7 Å². The zero-order valence-electron chi connectivity index (χ0n) is 19.1. The van der Waals surface area contributed by atoms with Gasteiger partial charge in [0.15, 0.2) is 0 Å². The van der Waals surface area contributed by atoms with Gasteiger partial charge in [0.2, 0.25) is 5.91 Å². The molecule has 1 fully saturated rings. The number of carbonyl (C=O) groups is 2. The Morgan fingerprint density at radius 1 is 1.06 bits per heavy atom. The molecule has 34 heavy (non-hydrogen) atoms. The van der Waals surface area contributed by atoms with E-state index >= 15 is 0 Å². The molecule has 0 N–H and O–H groups in total. The summed E-state index contributed by atoms with van der Waals surface area (Å²) in [6.07, 6.45) is 0. The van der Waals surface area contributed by atoms with Gasteiger partial charge < -0.3 is 14.4 Å². The van der Waals surface area contributed by atoms with Crippen molar-refractivity contribution in [2.24, 2.45) is 0 Å². The van der Waals surface area contributed by atoms with Crippen molar-refractivity contribution in [2.75, 3.05) is 46.9 Å². The Kier molecular flexibility index (Phi) is 9.20. The number of ether oxygens (including phenoxy) is 2. The number of rotatable bonds is 9. The number of nitrogens with zero attached hydrogens (tertiary/aromatic N) is 3. The summed E-state index contributed by atoms with van der Waals surface area (Å²) in [7, 11) is 3.06. The summed E-state index contributed by atoms with van der Waals surface area (Å²) >= 11 is 6.33. The summed E-state index contributed by atoms with van der Waals surface area (Å²) < 4.78 is 33.9. The van der Waals surface area contributed by atoms with Crippen molar-refractivity contribution >= 4 is 23.5 Å². The van der Waals surface area contributed by atoms with Crippen LogP contribution in [0.2, 0.25) is 5.02 Å². The van der Waals surface area contributed by atoms with Crippen LogP contribution in [0.15, 0.2) is 48.5 Å². The molecule has 1 heterocycles. The first-order chi connectivity index (χ1) is 16.3. The normalized spacial score (nSPS) is 15.7. The highest BCUT2D eigenvalue weighted by atomic mass is 35.5. The summed E-state index contributed by atoms with van der Waals surface area (Å²) in [6.45, 7) is 0.0923. The molecule has 1 saturated heterocycles. The first-order valence-corrected chi connectivity index (χ1v) is 11.2. The molecule has 1 unspecified atom stereocenters. The van der Waals surface area contributed by atoms with Crippen LogP contribution >= 0.6 is 11.6 Å². The Morgan fingerprint density at radius 3 is 2.29 bits per heavy atom. The lowest BCUT2D eigenvalue weighted by atomic mass is 10.0. The lowest BCUT2D eigenvalue weighted by Gasteiger charge is -2.38. The summed E-state index contributed by atoms with van der Waals surface area (Å²) in [5.74, 6) is -0.355. The highest BCUT2D eigenvalue weighted by molar-refractivity contribution is 6.31. The molecule has 0 spiro atoms. The van der Waals surface area contributed by atoms with E-state index in [-0.39, 0.29) is 24.2 Å². The third-order valence-electron chi connectivity index (χ3n) is 5.75. The van der Waals surface area contributed by atoms with E-state index in [1.165, 1.54) is 19.2 Å². The van der Waals surface area contributed by atoms with Gasteiger partial charge in [0.25, 0.3) is 0 Å². The molecule has 10 heteroatoms. The molecule has 7 nitrogen and oxygen atoms in total. The number of hydrogen-bond acceptors (Lipinski definition) is 6. The van der Waals surface area contributed by atoms with Crippen LogP contribution in [0.1, 0.15) is 17.2 Å². The number of likely N-dealkylation sites (N-methyl/N-ethyl adjacent to an activating group) is 1. The van der Waals surface area contributed by atoms with E-state index in [0.29, 0.717) is 43.3 Å². The summed E-state index contributed by atoms with van der Waals surface area (Å²) in [5.41, 5.74) is 1.51. The van der Waals surface area contributed by atoms with E-state index in [1.54, 1.807) is 30.1 Å². The Morgan fingerprint density at radius 2 is 1.71 bits per heavy atom. The molecular weight excluding hydrogens is 468 g/mol. The Labute approximate surface area is 202 Å². The third kappa shape index (κ3) is 6.88. The van der Waals surface area contributed by atoms with Crippen molar-refractivity contribution in [1.29, 1.82) is 0 Å². The van der Waals surface area contributed by atoms with E-state index in [2.05, 4.69) is 4.74 Å². The van der Waals surface area contributed by atoms with Crippen LogP contribution in [0.4, 0.5) is 8.78 Å². The van der Waals surface area contributed by atoms with E-state index in [9.17, 15) is 18.4 Å². The minimum atomic E-state index is -2.87. The van der Waals surface area contributed by atoms with Gasteiger partial charge in [-0.05, 0) is 29.3 Å². The maximum Gasteiger partial charge on any atom is 0.387 e. The molecule has 184 valence electrons. The van der Waals surface area contributed by atoms with Crippen molar-refractivity contribution in [3.63, 3.8) is 0 Å². The van der Waals surface area contributed by atoms with Crippen LogP contribution < -0.4 is 4.74 Å². The fourth-order valence-electron chi connectivity index (χ4n) is 3.91. The van der Waals surface area contributed by atoms with Crippen LogP contribution in [0.25, 0.3) is 0 Å². The van der Waals surface area contributed by atoms with Gasteiger partial charge in [-0.1, -0.05) is 41.9 Å². The first kappa shape index (κ1) is 25.9. The average Bonchev–Trinajstić information content (AvgIpc) is 2.82. The fourth-order valence-corrected chi connectivity index (χ4v) is 4.15. The number of hydrogen-bond donors (Lipinski definition) is 0. The van der Waals surface area contributed by atoms with Gasteiger partial charge >= 0.3 is 12.6 Å². The number of benzene rings is 2. The van der Waals surface area contributed by atoms with Crippen molar-refractivity contribution in [2.45, 2.75) is 19.2 Å². The molecule has 1 amide bonds. The van der Waals surface area contributed by atoms with Crippen LogP contribution in [0.3, 0.4) is 0 Å². The highest BCUT2D eigenvalue weighted by Crippen LogP contribution is 2.29. The lowest BCUT2D eigenvalue weighted by Crippen LogP contribution is -2.51. The molecule has 0 radical (unpaired) electrons. The van der Waals surface area contributed by atoms with Crippen molar-refractivity contribution in [1.82, 2.24) is 14.7 Å². The quantitative estimate of drug-likeness (QED) is 0.497. The van der Waals surface area contributed by atoms with Gasteiger partial charge in [0.1, 0.15) is 11.8 Å². The molecular formula is C24H28ClF2N3O4. The fraction of sp³-hybridized carbons (Fsp3) is 0.417. The number of halogens is 3. The number of methoxy groups -OCH3 is 1. The minimum absolute atomic E-state index is 0.0584. The highest BCUT2D eigenvalue weighted by Gasteiger charge is 2.33. The second kappa shape index (κ2) is 12.1. The lowest BCUT2D eigenvalue weighted by molar-refractivity contribution is -0.148. The van der Waals surface area contributed by atoms with E-state index in [0.717, 1.165) is 5.56 Å². The Bertz CT molecular complexity index is 969. The summed E-state index contributed by atoms with van der Waals surface area (Å²) in [6, 6.07) is 12.8. The van der Waals surface area contributed by atoms with Crippen molar-refractivity contribution < 1.29 is 27.8 Å². The second-order valence-electron chi connectivity index (χ2n) is 8.03. The van der Waals surface area contributed by atoms with Crippen LogP contribution in [-0.2, 0) is 20.9 Å². The Balaban J connectivity index is 1.53. The molecule has 0 aromatic heterocycles. The number of esters is 1. The summed E-state index contributed by atoms with van der Waals surface area (Å²) in [5, 5.41) is 0.505. The van der Waals surface area contributed by atoms with Crippen LogP contribution in [0, 0.1) is 0 Å². The van der Waals surface area contributed by atoms with E-state index in [1.807, 2.05) is 28.0 Å². The SMILES string of the molecule is COC(=O)C(c1ccccc1Cl)N1CCN(CC(=O)N(C)Cc2ccc(OC(F)F)cc2)CC1. The number of carbonyl (C=O) groups excluding carboxylic acids is 2. The topological polar surface area (TPSA) is 62.3 Å². The van der Waals surface area contributed by atoms with E-state index in [4.69, 9.17) is 16.3 Å². The second-order valence-corrected chi connectivity index (χ2v) is 8.44. The minimum Gasteiger partial charge on any atom is -0.468 e. The molecule has 1 aliphatic heterocycles. The van der Waals surface area contributed by atoms with Gasteiger partial charge in [-0.25, -0.2) is 4.79 Å². The molecule has 0 saturated carbocycles. The molecule has 1 aliphatic rings. The predicted octanol–water partition coefficient (Wildman–Crippen LogP) is 3.43. The molecule has 2 aromatic rings.